The highest BCUT2D eigenvalue weighted by atomic mass is 32.1. The minimum Gasteiger partial charge on any atom is -0.347 e. The lowest BCUT2D eigenvalue weighted by molar-refractivity contribution is -0.138. The first-order chi connectivity index (χ1) is 12.0. The van der Waals surface area contributed by atoms with Crippen molar-refractivity contribution in [2.75, 3.05) is 31.1 Å². The zero-order chi connectivity index (χ0) is 17.4. The molecule has 3 fully saturated rings. The summed E-state index contributed by atoms with van der Waals surface area (Å²) >= 11 is 1.48. The molecule has 0 aromatic carbocycles. The van der Waals surface area contributed by atoms with Crippen LogP contribution in [0.2, 0.25) is 0 Å². The molecule has 3 aliphatic rings. The third-order valence-corrected chi connectivity index (χ3v) is 6.36. The molecule has 138 valence electrons. The lowest BCUT2D eigenvalue weighted by atomic mass is 9.92. The summed E-state index contributed by atoms with van der Waals surface area (Å²) < 4.78 is 30.9. The van der Waals surface area contributed by atoms with Crippen molar-refractivity contribution in [3.63, 3.8) is 0 Å². The van der Waals surface area contributed by atoms with Crippen molar-refractivity contribution in [2.45, 2.75) is 56.8 Å². The van der Waals surface area contributed by atoms with Crippen LogP contribution in [0.1, 0.15) is 56.7 Å². The van der Waals surface area contributed by atoms with Crippen molar-refractivity contribution in [3.05, 3.63) is 5.82 Å². The van der Waals surface area contributed by atoms with Gasteiger partial charge in [-0.25, -0.2) is 13.8 Å². The quantitative estimate of drug-likeness (QED) is 0.816. The maximum absolute atomic E-state index is 13.2. The fraction of sp³-hybridized carbons (Fsp3) is 0.824. The molecule has 1 amide bonds. The van der Waals surface area contributed by atoms with E-state index in [4.69, 9.17) is 0 Å². The number of carbonyl (C=O) groups excluding carboxylic acids is 1. The van der Waals surface area contributed by atoms with E-state index >= 15 is 0 Å². The lowest BCUT2D eigenvalue weighted by Crippen LogP contribution is -2.44. The molecule has 25 heavy (non-hydrogen) atoms. The van der Waals surface area contributed by atoms with E-state index in [-0.39, 0.29) is 31.8 Å². The molecule has 5 nitrogen and oxygen atoms in total. The maximum Gasteiger partial charge on any atom is 0.251 e. The van der Waals surface area contributed by atoms with E-state index in [1.165, 1.54) is 24.4 Å². The lowest BCUT2D eigenvalue weighted by Gasteiger charge is -2.35. The highest BCUT2D eigenvalue weighted by Crippen LogP contribution is 2.40. The van der Waals surface area contributed by atoms with Crippen LogP contribution in [-0.2, 0) is 4.79 Å². The topological polar surface area (TPSA) is 49.3 Å². The van der Waals surface area contributed by atoms with Gasteiger partial charge in [-0.15, -0.1) is 0 Å². The highest BCUT2D eigenvalue weighted by Gasteiger charge is 2.36. The van der Waals surface area contributed by atoms with Crippen molar-refractivity contribution in [1.29, 1.82) is 0 Å². The number of piperidine rings is 2. The largest absolute Gasteiger partial charge is 0.347 e. The summed E-state index contributed by atoms with van der Waals surface area (Å²) in [5.41, 5.74) is 0. The van der Waals surface area contributed by atoms with Crippen molar-refractivity contribution < 1.29 is 13.6 Å². The van der Waals surface area contributed by atoms with Gasteiger partial charge in [0.2, 0.25) is 11.0 Å². The van der Waals surface area contributed by atoms with Crippen LogP contribution in [0.4, 0.5) is 13.9 Å². The minimum absolute atomic E-state index is 0.0425. The van der Waals surface area contributed by atoms with E-state index in [1.807, 2.05) is 0 Å². The number of hydrogen-bond acceptors (Lipinski definition) is 5. The number of nitrogens with zero attached hydrogens (tertiary/aromatic N) is 4. The molecule has 0 N–H and O–H groups in total. The van der Waals surface area contributed by atoms with Crippen LogP contribution in [-0.4, -0.2) is 52.3 Å². The average Bonchev–Trinajstić information content (AvgIpc) is 3.33. The van der Waals surface area contributed by atoms with E-state index < -0.39 is 5.92 Å². The summed E-state index contributed by atoms with van der Waals surface area (Å²) in [6.45, 7) is 2.18. The second-order valence-corrected chi connectivity index (χ2v) is 8.31. The number of hydrogen-bond donors (Lipinski definition) is 0. The number of anilines is 1. The molecule has 2 aliphatic heterocycles. The molecule has 1 saturated carbocycles. The highest BCUT2D eigenvalue weighted by molar-refractivity contribution is 7.09. The van der Waals surface area contributed by atoms with Crippen molar-refractivity contribution in [3.8, 4) is 0 Å². The predicted octanol–water partition coefficient (Wildman–Crippen LogP) is 3.28. The fourth-order valence-corrected chi connectivity index (χ4v) is 4.45. The summed E-state index contributed by atoms with van der Waals surface area (Å²) in [5.74, 6) is -0.623. The average molecular weight is 370 g/mol. The van der Waals surface area contributed by atoms with Crippen LogP contribution in [0.15, 0.2) is 0 Å². The van der Waals surface area contributed by atoms with Gasteiger partial charge in [-0.2, -0.15) is 4.37 Å². The van der Waals surface area contributed by atoms with Crippen LogP contribution < -0.4 is 4.90 Å². The Hall–Kier alpha value is -1.31. The van der Waals surface area contributed by atoms with Crippen LogP contribution >= 0.6 is 11.5 Å². The Balaban J connectivity index is 1.23. The molecule has 1 aromatic rings. The van der Waals surface area contributed by atoms with Gasteiger partial charge in [0.15, 0.2) is 0 Å². The standard InChI is InChI=1S/C17H24F2N4OS/c18-17(19)5-9-22(10-6-17)14(24)11-12-3-7-23(8-4-12)16-20-15(21-25-16)13-1-2-13/h12-13H,1-11H2. The molecule has 0 radical (unpaired) electrons. The van der Waals surface area contributed by atoms with E-state index in [1.54, 1.807) is 4.90 Å². The molecule has 0 bridgehead atoms. The van der Waals surface area contributed by atoms with Crippen LogP contribution in [0.25, 0.3) is 0 Å². The molecule has 4 rings (SSSR count). The number of aromatic nitrogens is 2. The van der Waals surface area contributed by atoms with E-state index in [9.17, 15) is 13.6 Å². The molecular weight excluding hydrogens is 346 g/mol. The monoisotopic (exact) mass is 370 g/mol. The van der Waals surface area contributed by atoms with E-state index in [2.05, 4.69) is 14.3 Å². The summed E-state index contributed by atoms with van der Waals surface area (Å²) in [7, 11) is 0. The van der Waals surface area contributed by atoms with Crippen LogP contribution in [0.5, 0.6) is 0 Å². The smallest absolute Gasteiger partial charge is 0.251 e. The van der Waals surface area contributed by atoms with Gasteiger partial charge in [0.05, 0.1) is 0 Å². The minimum atomic E-state index is -2.59. The predicted molar refractivity (Wildman–Crippen MR) is 92.2 cm³/mol. The normalized spacial score (nSPS) is 24.6. The van der Waals surface area contributed by atoms with Gasteiger partial charge in [-0.1, -0.05) is 0 Å². The molecule has 1 aromatic heterocycles. The summed E-state index contributed by atoms with van der Waals surface area (Å²) in [5, 5.41) is 1.00. The third-order valence-electron chi connectivity index (χ3n) is 5.57. The van der Waals surface area contributed by atoms with Gasteiger partial charge in [-0.3, -0.25) is 4.79 Å². The zero-order valence-electron chi connectivity index (χ0n) is 14.3. The molecule has 0 atom stereocenters. The Bertz CT molecular complexity index is 616. The van der Waals surface area contributed by atoms with Crippen LogP contribution in [0.3, 0.4) is 0 Å². The Labute approximate surface area is 150 Å². The number of rotatable bonds is 4. The van der Waals surface area contributed by atoms with Gasteiger partial charge in [-0.05, 0) is 31.6 Å². The van der Waals surface area contributed by atoms with Crippen molar-refractivity contribution in [1.82, 2.24) is 14.3 Å². The zero-order valence-corrected chi connectivity index (χ0v) is 15.1. The molecular formula is C17H24F2N4OS. The first kappa shape index (κ1) is 17.1. The number of alkyl halides is 2. The Morgan fingerprint density at radius 2 is 1.80 bits per heavy atom. The molecule has 0 unspecified atom stereocenters. The molecule has 2 saturated heterocycles. The first-order valence-corrected chi connectivity index (χ1v) is 10.0. The van der Waals surface area contributed by atoms with Gasteiger partial charge in [0, 0.05) is 62.9 Å². The SMILES string of the molecule is O=C(CC1CCN(c2nc(C3CC3)ns2)CC1)N1CCC(F)(F)CC1. The number of carbonyl (C=O) groups is 1. The number of likely N-dealkylation sites (tertiary alicyclic amines) is 1. The molecule has 0 spiro atoms. The summed E-state index contributed by atoms with van der Waals surface area (Å²) in [6, 6.07) is 0. The van der Waals surface area contributed by atoms with Crippen molar-refractivity contribution in [2.24, 2.45) is 5.92 Å². The van der Waals surface area contributed by atoms with Crippen molar-refractivity contribution >= 4 is 22.6 Å². The second-order valence-electron chi connectivity index (χ2n) is 7.58. The van der Waals surface area contributed by atoms with Crippen LogP contribution in [0, 0.1) is 5.92 Å². The van der Waals surface area contributed by atoms with Gasteiger partial charge >= 0.3 is 0 Å². The Morgan fingerprint density at radius 3 is 2.44 bits per heavy atom. The fourth-order valence-electron chi connectivity index (χ4n) is 3.65. The first-order valence-electron chi connectivity index (χ1n) is 9.24. The van der Waals surface area contributed by atoms with Gasteiger partial charge in [0.1, 0.15) is 5.82 Å². The Morgan fingerprint density at radius 1 is 1.12 bits per heavy atom. The van der Waals surface area contributed by atoms with Gasteiger partial charge in [0.25, 0.3) is 5.92 Å². The third kappa shape index (κ3) is 4.10. The summed E-state index contributed by atoms with van der Waals surface area (Å²) in [6.07, 6.45) is 4.42. The summed E-state index contributed by atoms with van der Waals surface area (Å²) in [4.78, 5) is 20.9. The van der Waals surface area contributed by atoms with E-state index in [0.29, 0.717) is 18.3 Å². The molecule has 3 heterocycles. The Kier molecular flexibility index (Phi) is 4.64. The number of amides is 1. The molecule has 1 aliphatic carbocycles. The second kappa shape index (κ2) is 6.78. The maximum atomic E-state index is 13.2. The number of halogens is 2. The van der Waals surface area contributed by atoms with Gasteiger partial charge < -0.3 is 9.80 Å². The molecule has 8 heteroatoms. The van der Waals surface area contributed by atoms with E-state index in [0.717, 1.165) is 36.9 Å².